The number of carbonyl (C=O) groups is 2. The number of hydrogen-bond acceptors (Lipinski definition) is 14. The van der Waals surface area contributed by atoms with Crippen LogP contribution in [0.3, 0.4) is 0 Å². The summed E-state index contributed by atoms with van der Waals surface area (Å²) < 4.78 is 37.1. The van der Waals surface area contributed by atoms with Gasteiger partial charge in [-0.25, -0.2) is 0 Å². The third-order valence-electron chi connectivity index (χ3n) is 11.8. The highest BCUT2D eigenvalue weighted by atomic mass is 16.7. The lowest BCUT2D eigenvalue weighted by Crippen LogP contribution is -2.61. The van der Waals surface area contributed by atoms with Gasteiger partial charge in [-0.1, -0.05) is 27.7 Å². The maximum absolute atomic E-state index is 14.1. The predicted molar refractivity (Wildman–Crippen MR) is 186 cm³/mol. The van der Waals surface area contributed by atoms with Crippen LogP contribution in [0.25, 0.3) is 0 Å². The molecule has 0 aromatic heterocycles. The van der Waals surface area contributed by atoms with Gasteiger partial charge in [0.2, 0.25) is 0 Å². The van der Waals surface area contributed by atoms with Gasteiger partial charge >= 0.3 is 5.97 Å². The summed E-state index contributed by atoms with van der Waals surface area (Å²) in [6, 6.07) is -0.324. The number of cyclic esters (lactones) is 1. The molecule has 3 heterocycles. The van der Waals surface area contributed by atoms with Crippen molar-refractivity contribution in [2.24, 2.45) is 23.7 Å². The van der Waals surface area contributed by atoms with Crippen LogP contribution in [0.4, 0.5) is 0 Å². The van der Waals surface area contributed by atoms with Crippen molar-refractivity contribution in [2.75, 3.05) is 21.2 Å². The second-order valence-corrected chi connectivity index (χ2v) is 16.5. The number of esters is 1. The molecule has 0 bridgehead atoms. The third-order valence-corrected chi connectivity index (χ3v) is 11.8. The Morgan fingerprint density at radius 2 is 1.49 bits per heavy atom. The van der Waals surface area contributed by atoms with Gasteiger partial charge < -0.3 is 58.9 Å². The van der Waals surface area contributed by atoms with Crippen LogP contribution in [0.5, 0.6) is 0 Å². The van der Waals surface area contributed by atoms with Gasteiger partial charge in [0.1, 0.15) is 29.7 Å². The average molecular weight is 734 g/mol. The average Bonchev–Trinajstić information content (AvgIpc) is 3.05. The fraction of sp³-hybridized carbons (Fsp3) is 0.946. The SMILES string of the molecule is CC[C@H]1OC(=O)[C@H](C)[C@@H](O[C@@H]2C[C@@](C)(OC)[C@@H](O)[C@H](C)O2)[C@H](C)[C@@H](O[C@@H]2O[C@H](C)C[C@H](N(C)C)[C@H]2O)[C@](C)(O)C[C@@H](C)C(=O)[C@H](C)[C@@H](O)[C@@]1(C)O. The summed E-state index contributed by atoms with van der Waals surface area (Å²) in [4.78, 5) is 29.8. The van der Waals surface area contributed by atoms with Crippen LogP contribution in [-0.4, -0.2) is 148 Å². The summed E-state index contributed by atoms with van der Waals surface area (Å²) in [5, 5.41) is 57.6. The predicted octanol–water partition coefficient (Wildman–Crippen LogP) is 1.79. The first-order valence-corrected chi connectivity index (χ1v) is 18.5. The summed E-state index contributed by atoms with van der Waals surface area (Å²) in [7, 11) is 5.18. The van der Waals surface area contributed by atoms with Gasteiger partial charge in [-0.15, -0.1) is 0 Å². The third kappa shape index (κ3) is 9.51. The normalized spacial score (nSPS) is 49.7. The summed E-state index contributed by atoms with van der Waals surface area (Å²) >= 11 is 0. The van der Waals surface area contributed by atoms with E-state index in [1.165, 1.54) is 27.9 Å². The Balaban J connectivity index is 2.18. The van der Waals surface area contributed by atoms with Crippen molar-refractivity contribution < 1.29 is 63.5 Å². The highest BCUT2D eigenvalue weighted by Gasteiger charge is 2.53. The zero-order chi connectivity index (χ0) is 39.0. The lowest BCUT2D eigenvalue weighted by molar-refractivity contribution is -0.318. The highest BCUT2D eigenvalue weighted by Crippen LogP contribution is 2.40. The van der Waals surface area contributed by atoms with Crippen molar-refractivity contribution in [3.8, 4) is 0 Å². The summed E-state index contributed by atoms with van der Waals surface area (Å²) in [6.45, 7) is 16.3. The monoisotopic (exact) mass is 733 g/mol. The Hall–Kier alpha value is -1.30. The number of rotatable bonds is 7. The van der Waals surface area contributed by atoms with Crippen molar-refractivity contribution >= 4 is 11.8 Å². The van der Waals surface area contributed by atoms with E-state index in [4.69, 9.17) is 28.4 Å². The molecule has 298 valence electrons. The van der Waals surface area contributed by atoms with E-state index >= 15 is 0 Å². The van der Waals surface area contributed by atoms with Crippen molar-refractivity contribution in [1.82, 2.24) is 4.90 Å². The molecule has 51 heavy (non-hydrogen) atoms. The quantitative estimate of drug-likeness (QED) is 0.238. The number of ether oxygens (including phenoxy) is 6. The molecule has 3 saturated heterocycles. The van der Waals surface area contributed by atoms with Crippen LogP contribution < -0.4 is 0 Å². The maximum atomic E-state index is 14.1. The molecule has 0 aromatic carbocycles. The second-order valence-electron chi connectivity index (χ2n) is 16.5. The first-order chi connectivity index (χ1) is 23.4. The molecule has 14 nitrogen and oxygen atoms in total. The van der Waals surface area contributed by atoms with Crippen molar-refractivity contribution in [3.05, 3.63) is 0 Å². The standard InChI is InChI=1S/C37H67NO13/c1-14-25-37(10,45)30(41)20(4)27(39)18(2)16-35(8,44)32(51-34-28(40)24(38(11)12)15-19(3)47-34)21(5)29(22(6)33(43)49-25)50-26-17-36(9,46-13)31(42)23(7)48-26/h18-26,28-32,34,40-42,44-45H,14-17H2,1-13H3/t18-,19-,20+,21+,22-,23+,24+,25-,26-,28-,29+,30-,31+,32-,34+,35-,36-,37+/m1/s1. The summed E-state index contributed by atoms with van der Waals surface area (Å²) in [5.41, 5.74) is -4.84. The fourth-order valence-corrected chi connectivity index (χ4v) is 8.41. The molecule has 3 aliphatic rings. The van der Waals surface area contributed by atoms with E-state index in [0.717, 1.165) is 0 Å². The Labute approximate surface area is 304 Å². The van der Waals surface area contributed by atoms with Crippen LogP contribution in [0.1, 0.15) is 94.9 Å². The molecule has 0 saturated carbocycles. The fourth-order valence-electron chi connectivity index (χ4n) is 8.41. The van der Waals surface area contributed by atoms with Gasteiger partial charge in [0.25, 0.3) is 0 Å². The second kappa shape index (κ2) is 17.0. The molecule has 5 N–H and O–H groups in total. The highest BCUT2D eigenvalue weighted by molar-refractivity contribution is 5.83. The molecule has 3 rings (SSSR count). The molecular weight excluding hydrogens is 666 g/mol. The van der Waals surface area contributed by atoms with Gasteiger partial charge in [-0.05, 0) is 74.9 Å². The Morgan fingerprint density at radius 3 is 2.04 bits per heavy atom. The first kappa shape index (κ1) is 44.1. The van der Waals surface area contributed by atoms with Gasteiger partial charge in [-0.2, -0.15) is 0 Å². The minimum atomic E-state index is -1.99. The number of aliphatic hydroxyl groups is 5. The lowest BCUT2D eigenvalue weighted by Gasteiger charge is -2.49. The van der Waals surface area contributed by atoms with E-state index in [-0.39, 0.29) is 31.4 Å². The molecule has 14 heteroatoms. The van der Waals surface area contributed by atoms with Crippen molar-refractivity contribution in [3.63, 3.8) is 0 Å². The van der Waals surface area contributed by atoms with Gasteiger partial charge in [0.05, 0.1) is 47.6 Å². The van der Waals surface area contributed by atoms with E-state index in [9.17, 15) is 35.1 Å². The van der Waals surface area contributed by atoms with Crippen molar-refractivity contribution in [1.29, 1.82) is 0 Å². The van der Waals surface area contributed by atoms with Crippen LogP contribution in [0, 0.1) is 23.7 Å². The molecule has 3 fully saturated rings. The number of ketones is 1. The van der Waals surface area contributed by atoms with Crippen LogP contribution in [0.2, 0.25) is 0 Å². The smallest absolute Gasteiger partial charge is 0.311 e. The molecule has 0 spiro atoms. The Bertz CT molecular complexity index is 1170. The van der Waals surface area contributed by atoms with Gasteiger partial charge in [-0.3, -0.25) is 9.59 Å². The molecule has 0 radical (unpaired) electrons. The molecule has 0 amide bonds. The minimum absolute atomic E-state index is 0.0936. The molecule has 0 aromatic rings. The van der Waals surface area contributed by atoms with E-state index in [2.05, 4.69) is 0 Å². The zero-order valence-electron chi connectivity index (χ0n) is 32.9. The molecule has 0 unspecified atom stereocenters. The molecular formula is C37H67NO13. The van der Waals surface area contributed by atoms with Crippen LogP contribution >= 0.6 is 0 Å². The first-order valence-electron chi connectivity index (χ1n) is 18.5. The number of methoxy groups -OCH3 is 1. The molecule has 18 atom stereocenters. The van der Waals surface area contributed by atoms with E-state index in [1.807, 2.05) is 25.9 Å². The Kier molecular flexibility index (Phi) is 14.7. The van der Waals surface area contributed by atoms with Crippen molar-refractivity contribution in [2.45, 2.75) is 179 Å². The topological polar surface area (TPSA) is 194 Å². The maximum Gasteiger partial charge on any atom is 0.311 e. The molecule has 0 aliphatic carbocycles. The molecule has 3 aliphatic heterocycles. The van der Waals surface area contributed by atoms with Crippen LogP contribution in [0.15, 0.2) is 0 Å². The number of nitrogens with zero attached hydrogens (tertiary/aromatic N) is 1. The number of likely N-dealkylation sites (N-methyl/N-ethyl adjacent to an activating group) is 1. The minimum Gasteiger partial charge on any atom is -0.459 e. The van der Waals surface area contributed by atoms with Gasteiger partial charge in [0.15, 0.2) is 12.6 Å². The van der Waals surface area contributed by atoms with Crippen LogP contribution in [-0.2, 0) is 38.0 Å². The van der Waals surface area contributed by atoms with E-state index < -0.39 is 108 Å². The van der Waals surface area contributed by atoms with Gasteiger partial charge in [0, 0.05) is 37.3 Å². The van der Waals surface area contributed by atoms with E-state index in [1.54, 1.807) is 41.5 Å². The zero-order valence-corrected chi connectivity index (χ0v) is 32.9. The summed E-state index contributed by atoms with van der Waals surface area (Å²) in [5.74, 6) is -4.98. The largest absolute Gasteiger partial charge is 0.459 e. The number of hydrogen-bond donors (Lipinski definition) is 5. The van der Waals surface area contributed by atoms with E-state index in [0.29, 0.717) is 6.42 Å². The Morgan fingerprint density at radius 1 is 0.882 bits per heavy atom. The number of carbonyl (C=O) groups excluding carboxylic acids is 2. The number of aliphatic hydroxyl groups excluding tert-OH is 3. The lowest BCUT2D eigenvalue weighted by atomic mass is 9.74. The number of Topliss-reactive ketones (excluding diaryl/α,β-unsaturated/α-hetero) is 1. The summed E-state index contributed by atoms with van der Waals surface area (Å²) in [6.07, 6.45) is -9.71.